The first kappa shape index (κ1) is 13.0. The minimum absolute atomic E-state index is 0.315. The Labute approximate surface area is 115 Å². The van der Waals surface area contributed by atoms with E-state index in [1.807, 2.05) is 13.0 Å². The number of aromatic nitrogens is 1. The first-order valence-electron chi connectivity index (χ1n) is 5.55. The second-order valence-corrected chi connectivity index (χ2v) is 6.78. The van der Waals surface area contributed by atoms with Gasteiger partial charge in [0.1, 0.15) is 0 Å². The molecule has 1 N–H and O–H groups in total. The Hall–Kier alpha value is -0.420. The molecule has 0 radical (unpaired) electrons. The molecule has 0 fully saturated rings. The monoisotopic (exact) mass is 286 g/mol. The summed E-state index contributed by atoms with van der Waals surface area (Å²) >= 11 is 9.24. The Bertz CT molecular complexity index is 478. The molecule has 92 valence electrons. The van der Waals surface area contributed by atoms with E-state index in [2.05, 4.69) is 28.7 Å². The van der Waals surface area contributed by atoms with E-state index in [0.29, 0.717) is 6.04 Å². The van der Waals surface area contributed by atoms with Gasteiger partial charge in [-0.25, -0.2) is 4.98 Å². The zero-order valence-electron chi connectivity index (χ0n) is 9.87. The lowest BCUT2D eigenvalue weighted by Crippen LogP contribution is -2.21. The predicted molar refractivity (Wildman–Crippen MR) is 76.3 cm³/mol. The van der Waals surface area contributed by atoms with Crippen molar-refractivity contribution in [1.82, 2.24) is 10.3 Å². The fourth-order valence-electron chi connectivity index (χ4n) is 1.58. The summed E-state index contributed by atoms with van der Waals surface area (Å²) in [5.74, 6) is 0. The highest BCUT2D eigenvalue weighted by atomic mass is 35.5. The van der Waals surface area contributed by atoms with Crippen LogP contribution in [0.2, 0.25) is 4.34 Å². The number of thiophene rings is 1. The maximum absolute atomic E-state index is 5.89. The standard InChI is InChI=1S/C12H15ClN2S2/c1-8(11-7-16-9(2)15-11)14-6-5-10-3-4-12(13)17-10/h3-4,7-8,14H,5-6H2,1-2H3. The Morgan fingerprint density at radius 1 is 1.47 bits per heavy atom. The average Bonchev–Trinajstić information content (AvgIpc) is 2.88. The number of halogens is 1. The van der Waals surface area contributed by atoms with Crippen LogP contribution in [0.25, 0.3) is 0 Å². The van der Waals surface area contributed by atoms with Gasteiger partial charge in [-0.15, -0.1) is 22.7 Å². The van der Waals surface area contributed by atoms with Crippen LogP contribution in [-0.4, -0.2) is 11.5 Å². The fourth-order valence-corrected chi connectivity index (χ4v) is 3.37. The van der Waals surface area contributed by atoms with Gasteiger partial charge in [0, 0.05) is 22.8 Å². The predicted octanol–water partition coefficient (Wildman–Crippen LogP) is 4.06. The van der Waals surface area contributed by atoms with Crippen molar-refractivity contribution >= 4 is 34.3 Å². The van der Waals surface area contributed by atoms with E-state index < -0.39 is 0 Å². The second kappa shape index (κ2) is 5.96. The van der Waals surface area contributed by atoms with Crippen molar-refractivity contribution in [3.8, 4) is 0 Å². The topological polar surface area (TPSA) is 24.9 Å². The lowest BCUT2D eigenvalue weighted by Gasteiger charge is -2.10. The Kier molecular flexibility index (Phi) is 4.56. The largest absolute Gasteiger partial charge is 0.308 e. The molecular formula is C12H15ClN2S2. The third-order valence-electron chi connectivity index (χ3n) is 2.53. The minimum atomic E-state index is 0.315. The van der Waals surface area contributed by atoms with Gasteiger partial charge in [-0.1, -0.05) is 11.6 Å². The van der Waals surface area contributed by atoms with E-state index in [4.69, 9.17) is 11.6 Å². The molecule has 0 aliphatic rings. The molecule has 1 atom stereocenters. The lowest BCUT2D eigenvalue weighted by molar-refractivity contribution is 0.567. The molecule has 0 bridgehead atoms. The molecule has 0 saturated carbocycles. The number of thiazole rings is 1. The molecule has 2 rings (SSSR count). The van der Waals surface area contributed by atoms with Crippen LogP contribution in [0, 0.1) is 6.92 Å². The minimum Gasteiger partial charge on any atom is -0.308 e. The van der Waals surface area contributed by atoms with Gasteiger partial charge >= 0.3 is 0 Å². The molecule has 0 saturated heterocycles. The van der Waals surface area contributed by atoms with Crippen LogP contribution in [0.5, 0.6) is 0 Å². The van der Waals surface area contributed by atoms with Gasteiger partial charge in [-0.05, 0) is 32.4 Å². The van der Waals surface area contributed by atoms with Crippen LogP contribution in [0.15, 0.2) is 17.5 Å². The smallest absolute Gasteiger partial charge is 0.0931 e. The molecule has 2 aromatic rings. The number of nitrogens with zero attached hydrogens (tertiary/aromatic N) is 1. The van der Waals surface area contributed by atoms with Crippen molar-refractivity contribution < 1.29 is 0 Å². The zero-order chi connectivity index (χ0) is 12.3. The van der Waals surface area contributed by atoms with Crippen LogP contribution in [0.3, 0.4) is 0 Å². The molecule has 0 spiro atoms. The molecule has 0 amide bonds. The van der Waals surface area contributed by atoms with Gasteiger partial charge in [0.2, 0.25) is 0 Å². The number of hydrogen-bond acceptors (Lipinski definition) is 4. The van der Waals surface area contributed by atoms with Crippen LogP contribution < -0.4 is 5.32 Å². The normalized spacial score (nSPS) is 12.9. The van der Waals surface area contributed by atoms with Gasteiger partial charge in [-0.2, -0.15) is 0 Å². The first-order valence-corrected chi connectivity index (χ1v) is 7.62. The Morgan fingerprint density at radius 3 is 2.88 bits per heavy atom. The van der Waals surface area contributed by atoms with Crippen LogP contribution in [0.1, 0.15) is 28.5 Å². The summed E-state index contributed by atoms with van der Waals surface area (Å²) in [6.07, 6.45) is 1.02. The van der Waals surface area contributed by atoms with E-state index in [1.54, 1.807) is 22.7 Å². The van der Waals surface area contributed by atoms with Gasteiger partial charge in [0.25, 0.3) is 0 Å². The summed E-state index contributed by atoms with van der Waals surface area (Å²) in [5.41, 5.74) is 1.14. The van der Waals surface area contributed by atoms with E-state index in [0.717, 1.165) is 28.0 Å². The highest BCUT2D eigenvalue weighted by Crippen LogP contribution is 2.22. The second-order valence-electron chi connectivity index (χ2n) is 3.92. The molecule has 0 aliphatic heterocycles. The van der Waals surface area contributed by atoms with Crippen molar-refractivity contribution in [3.05, 3.63) is 37.4 Å². The number of rotatable bonds is 5. The lowest BCUT2D eigenvalue weighted by atomic mass is 10.2. The van der Waals surface area contributed by atoms with Crippen molar-refractivity contribution in [3.63, 3.8) is 0 Å². The molecular weight excluding hydrogens is 272 g/mol. The van der Waals surface area contributed by atoms with Crippen molar-refractivity contribution in [2.45, 2.75) is 26.3 Å². The summed E-state index contributed by atoms with van der Waals surface area (Å²) in [4.78, 5) is 5.80. The Balaban J connectivity index is 1.78. The summed E-state index contributed by atoms with van der Waals surface area (Å²) in [6.45, 7) is 5.14. The van der Waals surface area contributed by atoms with Gasteiger partial charge in [0.15, 0.2) is 0 Å². The molecule has 17 heavy (non-hydrogen) atoms. The SMILES string of the molecule is Cc1nc(C(C)NCCc2ccc(Cl)s2)cs1. The van der Waals surface area contributed by atoms with Crippen LogP contribution >= 0.6 is 34.3 Å². The fraction of sp³-hybridized carbons (Fsp3) is 0.417. The highest BCUT2D eigenvalue weighted by molar-refractivity contribution is 7.16. The van der Waals surface area contributed by atoms with Crippen LogP contribution in [0.4, 0.5) is 0 Å². The first-order chi connectivity index (χ1) is 8.15. The van der Waals surface area contributed by atoms with Crippen LogP contribution in [-0.2, 0) is 6.42 Å². The van der Waals surface area contributed by atoms with Gasteiger partial charge in [-0.3, -0.25) is 0 Å². The van der Waals surface area contributed by atoms with Crippen molar-refractivity contribution in [2.75, 3.05) is 6.54 Å². The quantitative estimate of drug-likeness (QED) is 0.896. The molecule has 2 aromatic heterocycles. The van der Waals surface area contributed by atoms with E-state index in [-0.39, 0.29) is 0 Å². The third-order valence-corrected chi connectivity index (χ3v) is 4.61. The number of nitrogens with one attached hydrogen (secondary N) is 1. The van der Waals surface area contributed by atoms with E-state index in [9.17, 15) is 0 Å². The maximum Gasteiger partial charge on any atom is 0.0931 e. The number of hydrogen-bond donors (Lipinski definition) is 1. The zero-order valence-corrected chi connectivity index (χ0v) is 12.3. The van der Waals surface area contributed by atoms with E-state index >= 15 is 0 Å². The average molecular weight is 287 g/mol. The summed E-state index contributed by atoms with van der Waals surface area (Å²) in [5, 5.41) is 6.72. The molecule has 2 nitrogen and oxygen atoms in total. The van der Waals surface area contributed by atoms with E-state index in [1.165, 1.54) is 4.88 Å². The Morgan fingerprint density at radius 2 is 2.29 bits per heavy atom. The maximum atomic E-state index is 5.89. The van der Waals surface area contributed by atoms with Crippen molar-refractivity contribution in [2.24, 2.45) is 0 Å². The molecule has 2 heterocycles. The molecule has 5 heteroatoms. The van der Waals surface area contributed by atoms with Gasteiger partial charge in [0.05, 0.1) is 15.0 Å². The summed E-state index contributed by atoms with van der Waals surface area (Å²) in [6, 6.07) is 4.36. The van der Waals surface area contributed by atoms with Crippen molar-refractivity contribution in [1.29, 1.82) is 0 Å². The highest BCUT2D eigenvalue weighted by Gasteiger charge is 2.08. The van der Waals surface area contributed by atoms with Gasteiger partial charge < -0.3 is 5.32 Å². The number of aryl methyl sites for hydroxylation is 1. The molecule has 1 unspecified atom stereocenters. The molecule has 0 aliphatic carbocycles. The summed E-state index contributed by atoms with van der Waals surface area (Å²) < 4.78 is 0.864. The summed E-state index contributed by atoms with van der Waals surface area (Å²) in [7, 11) is 0. The third kappa shape index (κ3) is 3.78. The molecule has 0 aromatic carbocycles.